The number of carbonyl (C=O) groups excluding carboxylic acids is 1. The molecular weight excluding hydrogens is 320 g/mol. The van der Waals surface area contributed by atoms with Crippen molar-refractivity contribution in [2.75, 3.05) is 0 Å². The number of nitrogens with one attached hydrogen (secondary N) is 2. The minimum absolute atomic E-state index is 0.0955. The molecule has 3 rings (SSSR count). The summed E-state index contributed by atoms with van der Waals surface area (Å²) >= 11 is 0. The maximum absolute atomic E-state index is 12.6. The van der Waals surface area contributed by atoms with E-state index in [2.05, 4.69) is 15.4 Å². The molecule has 0 saturated heterocycles. The van der Waals surface area contributed by atoms with Crippen LogP contribution in [0.1, 0.15) is 60.3 Å². The Hall–Kier alpha value is -2.41. The summed E-state index contributed by atoms with van der Waals surface area (Å²) in [6.07, 6.45) is 4.49. The lowest BCUT2D eigenvalue weighted by molar-refractivity contribution is 0.0235. The lowest BCUT2D eigenvalue weighted by Gasteiger charge is -2.37. The van der Waals surface area contributed by atoms with Gasteiger partial charge in [-0.2, -0.15) is 5.10 Å². The van der Waals surface area contributed by atoms with E-state index in [9.17, 15) is 14.7 Å². The second kappa shape index (κ2) is 6.84. The number of carbonyl (C=O) groups is 1. The van der Waals surface area contributed by atoms with Crippen molar-refractivity contribution in [2.24, 2.45) is 13.0 Å². The fourth-order valence-corrected chi connectivity index (χ4v) is 3.20. The van der Waals surface area contributed by atoms with Gasteiger partial charge in [-0.05, 0) is 36.8 Å². The average Bonchev–Trinajstić information content (AvgIpc) is 2.95. The Labute approximate surface area is 146 Å². The van der Waals surface area contributed by atoms with Crippen LogP contribution in [0.5, 0.6) is 0 Å². The third-order valence-corrected chi connectivity index (χ3v) is 4.79. The summed E-state index contributed by atoms with van der Waals surface area (Å²) in [5.74, 6) is -0.0895. The first-order valence-electron chi connectivity index (χ1n) is 8.56. The molecule has 3 N–H and O–H groups in total. The zero-order valence-electron chi connectivity index (χ0n) is 14.7. The fraction of sp³-hybridized carbons (Fsp3) is 0.500. The summed E-state index contributed by atoms with van der Waals surface area (Å²) in [6, 6.07) is 3.07. The van der Waals surface area contributed by atoms with Gasteiger partial charge >= 0.3 is 0 Å². The molecule has 1 amide bonds. The first-order valence-corrected chi connectivity index (χ1v) is 8.56. The molecule has 25 heavy (non-hydrogen) atoms. The first kappa shape index (κ1) is 17.4. The maximum atomic E-state index is 12.6. The van der Waals surface area contributed by atoms with Gasteiger partial charge in [0.15, 0.2) is 0 Å². The van der Waals surface area contributed by atoms with E-state index in [1.165, 1.54) is 0 Å². The van der Waals surface area contributed by atoms with Crippen LogP contribution in [-0.2, 0) is 7.05 Å². The normalized spacial score (nSPS) is 21.0. The number of aromatic amines is 1. The van der Waals surface area contributed by atoms with E-state index in [-0.39, 0.29) is 35.1 Å². The number of aliphatic hydroxyl groups excluding tert-OH is 1. The number of amides is 1. The van der Waals surface area contributed by atoms with Crippen molar-refractivity contribution in [1.29, 1.82) is 0 Å². The van der Waals surface area contributed by atoms with Crippen LogP contribution in [-0.4, -0.2) is 31.9 Å². The molecular formula is C18H24N4O3. The molecule has 0 spiro atoms. The van der Waals surface area contributed by atoms with Crippen molar-refractivity contribution in [2.45, 2.75) is 44.8 Å². The highest BCUT2D eigenvalue weighted by molar-refractivity contribution is 5.94. The summed E-state index contributed by atoms with van der Waals surface area (Å²) in [5.41, 5.74) is 1.39. The predicted octanol–water partition coefficient (Wildman–Crippen LogP) is 1.47. The number of rotatable bonds is 5. The number of aromatic nitrogens is 3. The van der Waals surface area contributed by atoms with Gasteiger partial charge in [0.1, 0.15) is 5.56 Å². The summed E-state index contributed by atoms with van der Waals surface area (Å²) < 4.78 is 1.67. The van der Waals surface area contributed by atoms with Crippen LogP contribution < -0.4 is 10.9 Å². The van der Waals surface area contributed by atoms with Crippen LogP contribution in [0.15, 0.2) is 29.3 Å². The first-order chi connectivity index (χ1) is 11.8. The van der Waals surface area contributed by atoms with Gasteiger partial charge in [0.25, 0.3) is 11.5 Å². The van der Waals surface area contributed by atoms with Crippen LogP contribution in [0.4, 0.5) is 0 Å². The second-order valence-corrected chi connectivity index (χ2v) is 7.09. The zero-order valence-corrected chi connectivity index (χ0v) is 14.7. The SMILES string of the molecule is CC(C)c1ccc(C(=O)N[C@@H](c2cnn(C)c2)C2CC(O)C2)c(=O)[nH]1. The molecule has 1 saturated carbocycles. The van der Waals surface area contributed by atoms with Crippen molar-refractivity contribution < 1.29 is 9.90 Å². The van der Waals surface area contributed by atoms with Gasteiger partial charge in [-0.3, -0.25) is 14.3 Å². The quantitative estimate of drug-likeness (QED) is 0.765. The summed E-state index contributed by atoms with van der Waals surface area (Å²) in [4.78, 5) is 27.6. The molecule has 1 fully saturated rings. The van der Waals surface area contributed by atoms with Crippen LogP contribution in [0, 0.1) is 5.92 Å². The minimum atomic E-state index is -0.410. The Morgan fingerprint density at radius 2 is 2.12 bits per heavy atom. The highest BCUT2D eigenvalue weighted by Gasteiger charge is 2.36. The van der Waals surface area contributed by atoms with Crippen LogP contribution in [0.3, 0.4) is 0 Å². The molecule has 134 valence electrons. The van der Waals surface area contributed by atoms with Crippen molar-refractivity contribution in [3.63, 3.8) is 0 Å². The third kappa shape index (κ3) is 3.66. The smallest absolute Gasteiger partial charge is 0.261 e. The van der Waals surface area contributed by atoms with Gasteiger partial charge in [0.2, 0.25) is 0 Å². The van der Waals surface area contributed by atoms with Gasteiger partial charge in [-0.15, -0.1) is 0 Å². The van der Waals surface area contributed by atoms with Crippen molar-refractivity contribution in [1.82, 2.24) is 20.1 Å². The third-order valence-electron chi connectivity index (χ3n) is 4.79. The van der Waals surface area contributed by atoms with Crippen LogP contribution in [0.2, 0.25) is 0 Å². The van der Waals surface area contributed by atoms with Gasteiger partial charge in [0.05, 0.1) is 18.3 Å². The maximum Gasteiger partial charge on any atom is 0.261 e. The van der Waals surface area contributed by atoms with Crippen molar-refractivity contribution >= 4 is 5.91 Å². The van der Waals surface area contributed by atoms with E-state index < -0.39 is 5.91 Å². The lowest BCUT2D eigenvalue weighted by Crippen LogP contribution is -2.42. The molecule has 7 nitrogen and oxygen atoms in total. The minimum Gasteiger partial charge on any atom is -0.393 e. The van der Waals surface area contributed by atoms with Gasteiger partial charge in [0, 0.05) is 24.5 Å². The van der Waals surface area contributed by atoms with E-state index in [1.807, 2.05) is 27.1 Å². The van der Waals surface area contributed by atoms with E-state index in [4.69, 9.17) is 0 Å². The fourth-order valence-electron chi connectivity index (χ4n) is 3.20. The molecule has 2 aromatic rings. The number of pyridine rings is 1. The summed E-state index contributed by atoms with van der Waals surface area (Å²) in [7, 11) is 1.81. The predicted molar refractivity (Wildman–Crippen MR) is 93.3 cm³/mol. The largest absolute Gasteiger partial charge is 0.393 e. The van der Waals surface area contributed by atoms with E-state index in [0.717, 1.165) is 11.3 Å². The topological polar surface area (TPSA) is 100 Å². The molecule has 2 heterocycles. The van der Waals surface area contributed by atoms with Gasteiger partial charge in [-0.25, -0.2) is 0 Å². The molecule has 1 atom stereocenters. The Balaban J connectivity index is 1.82. The Morgan fingerprint density at radius 1 is 1.40 bits per heavy atom. The van der Waals surface area contributed by atoms with Crippen molar-refractivity contribution in [3.8, 4) is 0 Å². The van der Waals surface area contributed by atoms with Gasteiger partial charge < -0.3 is 15.4 Å². The number of aliphatic hydroxyl groups is 1. The highest BCUT2D eigenvalue weighted by atomic mass is 16.3. The molecule has 0 bridgehead atoms. The summed E-state index contributed by atoms with van der Waals surface area (Å²) in [6.45, 7) is 3.96. The van der Waals surface area contributed by atoms with E-state index >= 15 is 0 Å². The molecule has 2 aromatic heterocycles. The standard InChI is InChI=1S/C18H24N4O3/c1-10(2)15-5-4-14(17(24)20-15)18(25)21-16(11-6-13(23)7-11)12-8-19-22(3)9-12/h4-5,8-11,13,16,23H,6-7H2,1-3H3,(H,20,24)(H,21,25)/t11?,13?,16-/m1/s1. The Kier molecular flexibility index (Phi) is 4.76. The number of H-pyrrole nitrogens is 1. The number of hydrogen-bond acceptors (Lipinski definition) is 4. The molecule has 0 aromatic carbocycles. The second-order valence-electron chi connectivity index (χ2n) is 7.09. The average molecular weight is 344 g/mol. The van der Waals surface area contributed by atoms with Gasteiger partial charge in [-0.1, -0.05) is 13.8 Å². The molecule has 7 heteroatoms. The number of nitrogens with zero attached hydrogens (tertiary/aromatic N) is 2. The highest BCUT2D eigenvalue weighted by Crippen LogP contribution is 2.38. The lowest BCUT2D eigenvalue weighted by atomic mass is 9.75. The van der Waals surface area contributed by atoms with Crippen LogP contribution in [0.25, 0.3) is 0 Å². The number of aryl methyl sites for hydroxylation is 1. The van der Waals surface area contributed by atoms with Crippen LogP contribution >= 0.6 is 0 Å². The summed E-state index contributed by atoms with van der Waals surface area (Å²) in [5, 5.41) is 16.7. The molecule has 1 aliphatic carbocycles. The number of hydrogen-bond donors (Lipinski definition) is 3. The zero-order chi connectivity index (χ0) is 18.1. The molecule has 0 aliphatic heterocycles. The van der Waals surface area contributed by atoms with E-state index in [1.54, 1.807) is 23.0 Å². The Morgan fingerprint density at radius 3 is 2.64 bits per heavy atom. The Bertz CT molecular complexity index is 818. The molecule has 1 aliphatic rings. The van der Waals surface area contributed by atoms with Crippen molar-refractivity contribution in [3.05, 3.63) is 51.7 Å². The molecule has 0 radical (unpaired) electrons. The monoisotopic (exact) mass is 344 g/mol. The molecule has 0 unspecified atom stereocenters. The van der Waals surface area contributed by atoms with E-state index in [0.29, 0.717) is 12.8 Å².